The summed E-state index contributed by atoms with van der Waals surface area (Å²) in [4.78, 5) is 16.2. The Morgan fingerprint density at radius 2 is 2.25 bits per heavy atom. The van der Waals surface area contributed by atoms with Gasteiger partial charge < -0.3 is 10.6 Å². The number of aromatic nitrogens is 3. The Kier molecular flexibility index (Phi) is 3.47. The monoisotopic (exact) mass is 271 g/mol. The van der Waals surface area contributed by atoms with Crippen LogP contribution in [-0.4, -0.2) is 33.8 Å². The fourth-order valence-electron chi connectivity index (χ4n) is 2.24. The smallest absolute Gasteiger partial charge is 0.227 e. The SMILES string of the molecule is CC(C(=O)Nc1ccccc1-n1cncn1)C1CNC1. The van der Waals surface area contributed by atoms with E-state index in [1.165, 1.54) is 6.33 Å². The molecule has 0 aliphatic carbocycles. The van der Waals surface area contributed by atoms with Gasteiger partial charge in [0.2, 0.25) is 5.91 Å². The van der Waals surface area contributed by atoms with Crippen LogP contribution in [0.3, 0.4) is 0 Å². The van der Waals surface area contributed by atoms with Crippen LogP contribution in [0.4, 0.5) is 5.69 Å². The van der Waals surface area contributed by atoms with E-state index in [4.69, 9.17) is 0 Å². The molecule has 1 aliphatic rings. The molecule has 1 fully saturated rings. The number of amides is 1. The van der Waals surface area contributed by atoms with Crippen molar-refractivity contribution >= 4 is 11.6 Å². The third-order valence-corrected chi connectivity index (χ3v) is 3.76. The average Bonchev–Trinajstić information content (AvgIpc) is 2.91. The van der Waals surface area contributed by atoms with E-state index < -0.39 is 0 Å². The first-order valence-electron chi connectivity index (χ1n) is 6.71. The number of hydrogen-bond donors (Lipinski definition) is 2. The molecule has 1 saturated heterocycles. The molecule has 0 radical (unpaired) electrons. The van der Waals surface area contributed by atoms with Crippen LogP contribution >= 0.6 is 0 Å². The predicted molar refractivity (Wildman–Crippen MR) is 75.5 cm³/mol. The number of carbonyl (C=O) groups excluding carboxylic acids is 1. The van der Waals surface area contributed by atoms with Crippen molar-refractivity contribution in [1.82, 2.24) is 20.1 Å². The highest BCUT2D eigenvalue weighted by atomic mass is 16.1. The molecule has 20 heavy (non-hydrogen) atoms. The quantitative estimate of drug-likeness (QED) is 0.872. The number of benzene rings is 1. The topological polar surface area (TPSA) is 71.8 Å². The highest BCUT2D eigenvalue weighted by Gasteiger charge is 2.29. The van der Waals surface area contributed by atoms with Crippen LogP contribution < -0.4 is 10.6 Å². The summed E-state index contributed by atoms with van der Waals surface area (Å²) < 4.78 is 1.64. The van der Waals surface area contributed by atoms with E-state index in [2.05, 4.69) is 20.7 Å². The highest BCUT2D eigenvalue weighted by molar-refractivity contribution is 5.94. The van der Waals surface area contributed by atoms with Gasteiger partial charge in [0.05, 0.1) is 11.4 Å². The van der Waals surface area contributed by atoms with Gasteiger partial charge in [-0.1, -0.05) is 19.1 Å². The molecule has 3 rings (SSSR count). The number of nitrogens with one attached hydrogen (secondary N) is 2. The first-order chi connectivity index (χ1) is 9.75. The maximum atomic E-state index is 12.3. The molecule has 0 spiro atoms. The summed E-state index contributed by atoms with van der Waals surface area (Å²) in [6, 6.07) is 7.58. The van der Waals surface area contributed by atoms with Gasteiger partial charge in [0.1, 0.15) is 12.7 Å². The fraction of sp³-hybridized carbons (Fsp3) is 0.357. The van der Waals surface area contributed by atoms with Gasteiger partial charge >= 0.3 is 0 Å². The lowest BCUT2D eigenvalue weighted by Gasteiger charge is -2.31. The van der Waals surface area contributed by atoms with Crippen LogP contribution in [0.25, 0.3) is 5.69 Å². The molecule has 1 amide bonds. The summed E-state index contributed by atoms with van der Waals surface area (Å²) in [7, 11) is 0. The van der Waals surface area contributed by atoms with Crippen molar-refractivity contribution < 1.29 is 4.79 Å². The van der Waals surface area contributed by atoms with Gasteiger partial charge in [-0.3, -0.25) is 4.79 Å². The lowest BCUT2D eigenvalue weighted by molar-refractivity contribution is -0.121. The summed E-state index contributed by atoms with van der Waals surface area (Å²) >= 11 is 0. The molecular weight excluding hydrogens is 254 g/mol. The Labute approximate surface area is 117 Å². The molecule has 0 saturated carbocycles. The summed E-state index contributed by atoms with van der Waals surface area (Å²) in [5, 5.41) is 10.3. The van der Waals surface area contributed by atoms with Gasteiger partial charge in [-0.15, -0.1) is 0 Å². The highest BCUT2D eigenvalue weighted by Crippen LogP contribution is 2.22. The molecule has 6 heteroatoms. The molecule has 104 valence electrons. The first-order valence-corrected chi connectivity index (χ1v) is 6.71. The molecule has 1 atom stereocenters. The van der Waals surface area contributed by atoms with E-state index >= 15 is 0 Å². The first kappa shape index (κ1) is 12.8. The zero-order valence-electron chi connectivity index (χ0n) is 11.3. The van der Waals surface area contributed by atoms with Gasteiger partial charge in [0, 0.05) is 5.92 Å². The molecule has 1 unspecified atom stereocenters. The molecular formula is C14H17N5O. The van der Waals surface area contributed by atoms with Crippen molar-refractivity contribution in [2.24, 2.45) is 11.8 Å². The van der Waals surface area contributed by atoms with Crippen molar-refractivity contribution in [3.05, 3.63) is 36.9 Å². The van der Waals surface area contributed by atoms with Crippen molar-refractivity contribution in [2.75, 3.05) is 18.4 Å². The van der Waals surface area contributed by atoms with Crippen LogP contribution in [-0.2, 0) is 4.79 Å². The second-order valence-corrected chi connectivity index (χ2v) is 5.05. The Morgan fingerprint density at radius 3 is 2.90 bits per heavy atom. The van der Waals surface area contributed by atoms with Crippen LogP contribution in [0, 0.1) is 11.8 Å². The summed E-state index contributed by atoms with van der Waals surface area (Å²) in [6.07, 6.45) is 3.09. The van der Waals surface area contributed by atoms with E-state index in [9.17, 15) is 4.79 Å². The average molecular weight is 271 g/mol. The Hall–Kier alpha value is -2.21. The number of anilines is 1. The van der Waals surface area contributed by atoms with Crippen molar-refractivity contribution in [3.63, 3.8) is 0 Å². The number of para-hydroxylation sites is 2. The van der Waals surface area contributed by atoms with E-state index in [1.54, 1.807) is 11.0 Å². The van der Waals surface area contributed by atoms with Crippen LogP contribution in [0.15, 0.2) is 36.9 Å². The van der Waals surface area contributed by atoms with Crippen LogP contribution in [0.1, 0.15) is 6.92 Å². The molecule has 2 heterocycles. The van der Waals surface area contributed by atoms with Gasteiger partial charge in [-0.05, 0) is 31.1 Å². The molecule has 2 N–H and O–H groups in total. The lowest BCUT2D eigenvalue weighted by atomic mass is 9.88. The van der Waals surface area contributed by atoms with Crippen molar-refractivity contribution in [2.45, 2.75) is 6.92 Å². The minimum absolute atomic E-state index is 0.0000487. The zero-order valence-corrected chi connectivity index (χ0v) is 11.3. The van der Waals surface area contributed by atoms with E-state index in [0.29, 0.717) is 5.92 Å². The van der Waals surface area contributed by atoms with E-state index in [0.717, 1.165) is 24.5 Å². The maximum absolute atomic E-state index is 12.3. The second-order valence-electron chi connectivity index (χ2n) is 5.05. The predicted octanol–water partition coefficient (Wildman–Crippen LogP) is 1.06. The Balaban J connectivity index is 1.79. The van der Waals surface area contributed by atoms with Crippen molar-refractivity contribution in [3.8, 4) is 5.69 Å². The molecule has 6 nitrogen and oxygen atoms in total. The normalized spacial score (nSPS) is 16.4. The summed E-state index contributed by atoms with van der Waals surface area (Å²) in [5.41, 5.74) is 1.57. The number of hydrogen-bond acceptors (Lipinski definition) is 4. The largest absolute Gasteiger partial charge is 0.324 e. The minimum Gasteiger partial charge on any atom is -0.324 e. The zero-order chi connectivity index (χ0) is 13.9. The maximum Gasteiger partial charge on any atom is 0.227 e. The third kappa shape index (κ3) is 2.42. The second kappa shape index (κ2) is 5.42. The van der Waals surface area contributed by atoms with Gasteiger partial charge in [0.25, 0.3) is 0 Å². The van der Waals surface area contributed by atoms with Gasteiger partial charge in [-0.2, -0.15) is 5.10 Å². The van der Waals surface area contributed by atoms with Gasteiger partial charge in [0.15, 0.2) is 0 Å². The lowest BCUT2D eigenvalue weighted by Crippen LogP contribution is -2.48. The standard InChI is InChI=1S/C14H17N5O/c1-10(11-6-15-7-11)14(20)18-12-4-2-3-5-13(12)19-9-16-8-17-19/h2-5,8-11,15H,6-7H2,1H3,(H,18,20). The van der Waals surface area contributed by atoms with E-state index in [-0.39, 0.29) is 11.8 Å². The molecule has 1 aromatic carbocycles. The molecule has 2 aromatic rings. The molecule has 1 aromatic heterocycles. The van der Waals surface area contributed by atoms with Crippen LogP contribution in [0.2, 0.25) is 0 Å². The minimum atomic E-state index is 0.0000487. The molecule has 1 aliphatic heterocycles. The molecule has 0 bridgehead atoms. The third-order valence-electron chi connectivity index (χ3n) is 3.76. The number of carbonyl (C=O) groups is 1. The summed E-state index contributed by atoms with van der Waals surface area (Å²) in [5.74, 6) is 0.470. The number of rotatable bonds is 4. The number of nitrogens with zero attached hydrogens (tertiary/aromatic N) is 3. The Bertz CT molecular complexity index is 591. The Morgan fingerprint density at radius 1 is 1.45 bits per heavy atom. The van der Waals surface area contributed by atoms with E-state index in [1.807, 2.05) is 31.2 Å². The summed E-state index contributed by atoms with van der Waals surface area (Å²) in [6.45, 7) is 3.80. The van der Waals surface area contributed by atoms with Crippen molar-refractivity contribution in [1.29, 1.82) is 0 Å². The van der Waals surface area contributed by atoms with Gasteiger partial charge in [-0.25, -0.2) is 9.67 Å². The van der Waals surface area contributed by atoms with Crippen LogP contribution in [0.5, 0.6) is 0 Å². The fourth-order valence-corrected chi connectivity index (χ4v) is 2.24.